The van der Waals surface area contributed by atoms with Crippen molar-refractivity contribution in [2.75, 3.05) is 6.61 Å². The largest absolute Gasteiger partial charge is 0.394 e. The van der Waals surface area contributed by atoms with Crippen LogP contribution in [-0.4, -0.2) is 133 Å². The number of hydrogen-bond acceptors (Lipinski definition) is 13. The average Bonchev–Trinajstić information content (AvgIpc) is 2.71. The second kappa shape index (κ2) is 10.2. The van der Waals surface area contributed by atoms with Crippen molar-refractivity contribution in [2.45, 2.75) is 106 Å². The lowest BCUT2D eigenvalue weighted by Crippen LogP contribution is -2.65. The molecule has 13 nitrogen and oxygen atoms in total. The van der Waals surface area contributed by atoms with E-state index in [1.54, 1.807) is 6.92 Å². The van der Waals surface area contributed by atoms with Crippen LogP contribution in [0.4, 0.5) is 0 Å². The summed E-state index contributed by atoms with van der Waals surface area (Å²) in [4.78, 5) is 0. The summed E-state index contributed by atoms with van der Waals surface area (Å²) in [5.74, 6) is 0. The lowest BCUT2D eigenvalue weighted by atomic mass is 9.96. The Bertz CT molecular complexity index is 581. The van der Waals surface area contributed by atoms with Crippen molar-refractivity contribution in [3.05, 3.63) is 0 Å². The van der Waals surface area contributed by atoms with Crippen LogP contribution in [-0.2, 0) is 23.7 Å². The molecule has 3 rings (SSSR count). The standard InChI is InChI=1S/C18H32O13/c1-5-7(20)3-8(21)17(28-5)31-15-10(22)9(4-19)29-18(13(15)25)30-14-6(2)27-16(26)12(24)11(14)23/h5-26H,3-4H2,1-2H3/t5-,6+,7+,8+,9-,10-,11+,12-,13+,14+,15+,16-,17-,18-/m1/s1. The van der Waals surface area contributed by atoms with E-state index >= 15 is 0 Å². The molecule has 0 radical (unpaired) electrons. The summed E-state index contributed by atoms with van der Waals surface area (Å²) in [6.45, 7) is 2.36. The van der Waals surface area contributed by atoms with E-state index in [4.69, 9.17) is 23.7 Å². The van der Waals surface area contributed by atoms with Gasteiger partial charge in [-0.25, -0.2) is 0 Å². The first-order valence-corrected chi connectivity index (χ1v) is 10.2. The van der Waals surface area contributed by atoms with Gasteiger partial charge in [-0.2, -0.15) is 0 Å². The summed E-state index contributed by atoms with van der Waals surface area (Å²) in [7, 11) is 0. The zero-order valence-electron chi connectivity index (χ0n) is 17.1. The molecule has 182 valence electrons. The van der Waals surface area contributed by atoms with E-state index in [-0.39, 0.29) is 6.42 Å². The van der Waals surface area contributed by atoms with E-state index < -0.39 is 92.6 Å². The first-order valence-electron chi connectivity index (χ1n) is 10.2. The van der Waals surface area contributed by atoms with Gasteiger partial charge in [0, 0.05) is 6.42 Å². The zero-order valence-corrected chi connectivity index (χ0v) is 17.1. The third-order valence-corrected chi connectivity index (χ3v) is 5.89. The van der Waals surface area contributed by atoms with Gasteiger partial charge in [-0.3, -0.25) is 0 Å². The molecule has 0 bridgehead atoms. The first-order chi connectivity index (χ1) is 14.5. The highest BCUT2D eigenvalue weighted by atomic mass is 16.7. The molecule has 13 heteroatoms. The SMILES string of the molecule is C[C@@H]1O[C@@H](O)[C@H](O)[C@H](O)[C@H]1O[C@H]1O[C@H](CO)[C@@H](O)[C@H](O[C@H]2O[C@H](C)[C@@H](O)C[C@@H]2O)[C@@H]1O. The number of rotatable bonds is 5. The molecule has 0 aromatic carbocycles. The first kappa shape index (κ1) is 25.1. The van der Waals surface area contributed by atoms with Crippen molar-refractivity contribution < 1.29 is 64.5 Å². The predicted octanol–water partition coefficient (Wildman–Crippen LogP) is -4.49. The topological polar surface area (TPSA) is 208 Å². The van der Waals surface area contributed by atoms with Crippen LogP contribution in [0.3, 0.4) is 0 Å². The molecule has 8 N–H and O–H groups in total. The van der Waals surface area contributed by atoms with Gasteiger partial charge in [0.05, 0.1) is 24.9 Å². The van der Waals surface area contributed by atoms with Crippen LogP contribution in [0.25, 0.3) is 0 Å². The van der Waals surface area contributed by atoms with Crippen molar-refractivity contribution in [3.63, 3.8) is 0 Å². The van der Waals surface area contributed by atoms with Crippen LogP contribution in [0.2, 0.25) is 0 Å². The summed E-state index contributed by atoms with van der Waals surface area (Å²) in [5.41, 5.74) is 0. The summed E-state index contributed by atoms with van der Waals surface area (Å²) in [6, 6.07) is 0. The Morgan fingerprint density at radius 2 is 1.32 bits per heavy atom. The highest BCUT2D eigenvalue weighted by Gasteiger charge is 2.51. The average molecular weight is 456 g/mol. The summed E-state index contributed by atoms with van der Waals surface area (Å²) in [6.07, 6.45) is -18.6. The molecule has 3 saturated heterocycles. The van der Waals surface area contributed by atoms with Gasteiger partial charge in [-0.05, 0) is 13.8 Å². The van der Waals surface area contributed by atoms with E-state index in [9.17, 15) is 40.9 Å². The van der Waals surface area contributed by atoms with Gasteiger partial charge in [0.25, 0.3) is 0 Å². The molecule has 3 aliphatic rings. The van der Waals surface area contributed by atoms with Gasteiger partial charge in [-0.15, -0.1) is 0 Å². The van der Waals surface area contributed by atoms with Crippen LogP contribution >= 0.6 is 0 Å². The van der Waals surface area contributed by atoms with Crippen LogP contribution in [0.15, 0.2) is 0 Å². The summed E-state index contributed by atoms with van der Waals surface area (Å²) in [5, 5.41) is 80.4. The van der Waals surface area contributed by atoms with Crippen molar-refractivity contribution in [1.82, 2.24) is 0 Å². The second-order valence-corrected chi connectivity index (χ2v) is 8.20. The minimum atomic E-state index is -1.67. The third kappa shape index (κ3) is 5.19. The monoisotopic (exact) mass is 456 g/mol. The fraction of sp³-hybridized carbons (Fsp3) is 1.00. The molecule has 0 amide bonds. The molecule has 3 fully saturated rings. The number of aliphatic hydroxyl groups is 8. The fourth-order valence-corrected chi connectivity index (χ4v) is 3.91. The smallest absolute Gasteiger partial charge is 0.187 e. The maximum atomic E-state index is 10.7. The van der Waals surface area contributed by atoms with Crippen LogP contribution in [0.5, 0.6) is 0 Å². The third-order valence-electron chi connectivity index (χ3n) is 5.89. The van der Waals surface area contributed by atoms with E-state index in [1.165, 1.54) is 6.92 Å². The molecule has 14 atom stereocenters. The Labute approximate surface area is 178 Å². The Balaban J connectivity index is 1.73. The zero-order chi connectivity index (χ0) is 23.0. The quantitative estimate of drug-likeness (QED) is 0.196. The molecule has 31 heavy (non-hydrogen) atoms. The van der Waals surface area contributed by atoms with E-state index in [0.717, 1.165) is 0 Å². The molecule has 3 heterocycles. The lowest BCUT2D eigenvalue weighted by molar-refractivity contribution is -0.371. The Morgan fingerprint density at radius 1 is 0.677 bits per heavy atom. The lowest BCUT2D eigenvalue weighted by Gasteiger charge is -2.47. The Kier molecular flexibility index (Phi) is 8.24. The highest BCUT2D eigenvalue weighted by molar-refractivity contribution is 4.94. The minimum Gasteiger partial charge on any atom is -0.394 e. The Morgan fingerprint density at radius 3 is 1.97 bits per heavy atom. The molecule has 0 unspecified atom stereocenters. The summed E-state index contributed by atoms with van der Waals surface area (Å²) >= 11 is 0. The Hall–Kier alpha value is -0.520. The predicted molar refractivity (Wildman–Crippen MR) is 97.0 cm³/mol. The van der Waals surface area contributed by atoms with Crippen LogP contribution < -0.4 is 0 Å². The molecular weight excluding hydrogens is 424 g/mol. The van der Waals surface area contributed by atoms with Gasteiger partial charge in [0.1, 0.15) is 48.8 Å². The van der Waals surface area contributed by atoms with Gasteiger partial charge in [0.2, 0.25) is 0 Å². The highest BCUT2D eigenvalue weighted by Crippen LogP contribution is 2.31. The van der Waals surface area contributed by atoms with E-state index in [0.29, 0.717) is 0 Å². The summed E-state index contributed by atoms with van der Waals surface area (Å²) < 4.78 is 27.1. The van der Waals surface area contributed by atoms with Gasteiger partial charge in [-0.1, -0.05) is 0 Å². The molecule has 0 spiro atoms. The molecule has 0 aromatic rings. The van der Waals surface area contributed by atoms with Crippen molar-refractivity contribution in [1.29, 1.82) is 0 Å². The van der Waals surface area contributed by atoms with Gasteiger partial charge >= 0.3 is 0 Å². The number of aliphatic hydroxyl groups excluding tert-OH is 8. The maximum absolute atomic E-state index is 10.7. The van der Waals surface area contributed by atoms with Crippen molar-refractivity contribution >= 4 is 0 Å². The molecule has 0 aromatic heterocycles. The van der Waals surface area contributed by atoms with Crippen LogP contribution in [0.1, 0.15) is 20.3 Å². The normalized spacial score (nSPS) is 54.0. The molecular formula is C18H32O13. The fourth-order valence-electron chi connectivity index (χ4n) is 3.91. The van der Waals surface area contributed by atoms with Gasteiger partial charge < -0.3 is 64.5 Å². The maximum Gasteiger partial charge on any atom is 0.187 e. The van der Waals surface area contributed by atoms with Crippen molar-refractivity contribution in [3.8, 4) is 0 Å². The molecule has 0 saturated carbocycles. The van der Waals surface area contributed by atoms with E-state index in [2.05, 4.69) is 0 Å². The number of hydrogen-bond donors (Lipinski definition) is 8. The molecule has 3 aliphatic heterocycles. The van der Waals surface area contributed by atoms with Crippen LogP contribution in [0, 0.1) is 0 Å². The number of ether oxygens (including phenoxy) is 5. The minimum absolute atomic E-state index is 0.0477. The van der Waals surface area contributed by atoms with Crippen molar-refractivity contribution in [2.24, 2.45) is 0 Å². The van der Waals surface area contributed by atoms with E-state index in [1.807, 2.05) is 0 Å². The molecule has 0 aliphatic carbocycles. The second-order valence-electron chi connectivity index (χ2n) is 8.20. The van der Waals surface area contributed by atoms with Gasteiger partial charge in [0.15, 0.2) is 18.9 Å².